The molecule has 0 aliphatic rings. The number of benzene rings is 6. The van der Waals surface area contributed by atoms with Crippen LogP contribution in [0.4, 0.5) is 17.1 Å². The lowest BCUT2D eigenvalue weighted by Gasteiger charge is -2.26. The zero-order valence-corrected chi connectivity index (χ0v) is 27.0. The van der Waals surface area contributed by atoms with Crippen LogP contribution in [0.2, 0.25) is 0 Å². The summed E-state index contributed by atoms with van der Waals surface area (Å²) in [6.45, 7) is 7.68. The maximum absolute atomic E-state index is 11.4. The molecule has 6 aromatic carbocycles. The predicted molar refractivity (Wildman–Crippen MR) is 194 cm³/mol. The van der Waals surface area contributed by atoms with Crippen molar-refractivity contribution in [3.63, 3.8) is 0 Å². The van der Waals surface area contributed by atoms with E-state index in [-0.39, 0.29) is 0 Å². The topological polar surface area (TPSA) is 29.5 Å². The zero-order chi connectivity index (χ0) is 32.6. The lowest BCUT2D eigenvalue weighted by molar-refractivity contribution is -0.128. The Kier molecular flexibility index (Phi) is 9.74. The van der Waals surface area contributed by atoms with Crippen molar-refractivity contribution >= 4 is 23.0 Å². The van der Waals surface area contributed by atoms with Gasteiger partial charge in [-0.1, -0.05) is 115 Å². The Morgan fingerprint density at radius 3 is 1.13 bits per heavy atom. The molecular weight excluding hydrogens is 574 g/mol. The quantitative estimate of drug-likeness (QED) is 0.0827. The normalized spacial score (nSPS) is 10.8. The van der Waals surface area contributed by atoms with E-state index in [1.165, 1.54) is 38.9 Å². The van der Waals surface area contributed by atoms with Crippen molar-refractivity contribution < 1.29 is 9.53 Å². The monoisotopic (exact) mass is 613 g/mol. The molecule has 0 saturated heterocycles. The van der Waals surface area contributed by atoms with Gasteiger partial charge in [-0.15, -0.1) is 0 Å². The molecule has 47 heavy (non-hydrogen) atoms. The fraction of sp³-hybridized carbons (Fsp3) is 0.114. The van der Waals surface area contributed by atoms with E-state index in [4.69, 9.17) is 4.74 Å². The highest BCUT2D eigenvalue weighted by molar-refractivity contribution is 5.83. The summed E-state index contributed by atoms with van der Waals surface area (Å²) in [5.41, 5.74) is 13.5. The van der Waals surface area contributed by atoms with Crippen molar-refractivity contribution in [1.29, 1.82) is 0 Å². The van der Waals surface area contributed by atoms with E-state index in [1.54, 1.807) is 0 Å². The van der Waals surface area contributed by atoms with E-state index in [0.717, 1.165) is 48.0 Å². The van der Waals surface area contributed by atoms with Crippen molar-refractivity contribution in [1.82, 2.24) is 0 Å². The van der Waals surface area contributed by atoms with Crippen LogP contribution >= 0.6 is 0 Å². The van der Waals surface area contributed by atoms with Crippen LogP contribution in [-0.4, -0.2) is 5.97 Å². The van der Waals surface area contributed by atoms with Gasteiger partial charge in [0.2, 0.25) is 0 Å². The number of hydrogen-bond acceptors (Lipinski definition) is 3. The summed E-state index contributed by atoms with van der Waals surface area (Å²) in [5, 5.41) is 0. The van der Waals surface area contributed by atoms with Crippen LogP contribution in [0.1, 0.15) is 44.5 Å². The van der Waals surface area contributed by atoms with Crippen molar-refractivity contribution in [2.45, 2.75) is 33.1 Å². The first-order valence-corrected chi connectivity index (χ1v) is 16.0. The van der Waals surface area contributed by atoms with E-state index >= 15 is 0 Å². The number of carbonyl (C=O) groups is 1. The third kappa shape index (κ3) is 8.33. The maximum Gasteiger partial charge on any atom is 0.335 e. The van der Waals surface area contributed by atoms with Crippen LogP contribution in [-0.2, 0) is 24.1 Å². The van der Waals surface area contributed by atoms with Gasteiger partial charge >= 0.3 is 5.97 Å². The fourth-order valence-corrected chi connectivity index (χ4v) is 5.69. The zero-order valence-electron chi connectivity index (χ0n) is 27.0. The van der Waals surface area contributed by atoms with Gasteiger partial charge in [0.05, 0.1) is 0 Å². The summed E-state index contributed by atoms with van der Waals surface area (Å²) in [4.78, 5) is 13.7. The second kappa shape index (κ2) is 14.6. The molecule has 0 fully saturated rings. The van der Waals surface area contributed by atoms with Crippen molar-refractivity contribution in [2.75, 3.05) is 4.90 Å². The maximum atomic E-state index is 11.4. The highest BCUT2D eigenvalue weighted by atomic mass is 16.5. The highest BCUT2D eigenvalue weighted by Gasteiger charge is 2.13. The summed E-state index contributed by atoms with van der Waals surface area (Å²) in [7, 11) is 0. The van der Waals surface area contributed by atoms with Crippen molar-refractivity contribution in [2.24, 2.45) is 0 Å². The molecule has 0 aromatic heterocycles. The molecule has 0 saturated carbocycles. The van der Waals surface area contributed by atoms with Gasteiger partial charge in [0.15, 0.2) is 0 Å². The molecule has 3 nitrogen and oxygen atoms in total. The van der Waals surface area contributed by atoms with E-state index in [2.05, 4.69) is 147 Å². The minimum absolute atomic E-state index is 0.453. The minimum atomic E-state index is -0.453. The number of anilines is 3. The molecule has 232 valence electrons. The molecule has 0 heterocycles. The summed E-state index contributed by atoms with van der Waals surface area (Å²) in [6, 6.07) is 51.8. The van der Waals surface area contributed by atoms with Gasteiger partial charge in [-0.2, -0.15) is 0 Å². The van der Waals surface area contributed by atoms with E-state index in [9.17, 15) is 4.79 Å². The first-order valence-electron chi connectivity index (χ1n) is 16.0. The van der Waals surface area contributed by atoms with Crippen LogP contribution < -0.4 is 9.64 Å². The molecule has 0 aliphatic heterocycles. The van der Waals surface area contributed by atoms with E-state index in [1.807, 2.05) is 24.3 Å². The van der Waals surface area contributed by atoms with Gasteiger partial charge in [0.25, 0.3) is 0 Å². The summed E-state index contributed by atoms with van der Waals surface area (Å²) in [5.74, 6) is 0.0693. The standard InChI is InChI=1S/C44H39NO2/c1-4-44(46)47-43-27-19-39(20-28-43)31-36-13-11-35(12-14-36)30-38-17-25-42(26-18-38)45(40-21-7-33(3)8-22-40)41-23-15-37(16-24-41)29-34-9-5-32(2)6-10-34/h4-28H,1,29-31H2,2-3H3. The Labute approximate surface area is 278 Å². The minimum Gasteiger partial charge on any atom is -0.423 e. The molecular formula is C44H39NO2. The molecule has 0 amide bonds. The molecule has 0 spiro atoms. The number of carbonyl (C=O) groups excluding carboxylic acids is 1. The third-order valence-electron chi connectivity index (χ3n) is 8.36. The second-order valence-electron chi connectivity index (χ2n) is 12.1. The van der Waals surface area contributed by atoms with Crippen LogP contribution in [0.25, 0.3) is 0 Å². The molecule has 0 radical (unpaired) electrons. The van der Waals surface area contributed by atoms with Gasteiger partial charge in [-0.05, 0) is 115 Å². The SMILES string of the molecule is C=CC(=O)Oc1ccc(Cc2ccc(Cc3ccc(N(c4ccc(C)cc4)c4ccc(Cc5ccc(C)cc5)cc4)cc3)cc2)cc1. The number of nitrogens with zero attached hydrogens (tertiary/aromatic N) is 1. The molecule has 0 bridgehead atoms. The number of esters is 1. The van der Waals surface area contributed by atoms with Crippen molar-refractivity contribution in [3.8, 4) is 5.75 Å². The first kappa shape index (κ1) is 31.3. The smallest absolute Gasteiger partial charge is 0.335 e. The highest BCUT2D eigenvalue weighted by Crippen LogP contribution is 2.35. The van der Waals surface area contributed by atoms with Crippen LogP contribution in [0.5, 0.6) is 5.75 Å². The lowest BCUT2D eigenvalue weighted by atomic mass is 10.00. The molecule has 0 N–H and O–H groups in total. The lowest BCUT2D eigenvalue weighted by Crippen LogP contribution is -2.10. The Balaban J connectivity index is 1.14. The number of rotatable bonds is 11. The largest absolute Gasteiger partial charge is 0.423 e. The summed E-state index contributed by atoms with van der Waals surface area (Å²) >= 11 is 0. The fourth-order valence-electron chi connectivity index (χ4n) is 5.69. The van der Waals surface area contributed by atoms with E-state index in [0.29, 0.717) is 5.75 Å². The van der Waals surface area contributed by atoms with Crippen molar-refractivity contribution in [3.05, 3.63) is 203 Å². The molecule has 0 unspecified atom stereocenters. The molecule has 6 aromatic rings. The second-order valence-corrected chi connectivity index (χ2v) is 12.1. The van der Waals surface area contributed by atoms with E-state index < -0.39 is 5.97 Å². The van der Waals surface area contributed by atoms with Crippen LogP contribution in [0.15, 0.2) is 158 Å². The number of hydrogen-bond donors (Lipinski definition) is 0. The van der Waals surface area contributed by atoms with Gasteiger partial charge in [-0.3, -0.25) is 0 Å². The van der Waals surface area contributed by atoms with Crippen LogP contribution in [0, 0.1) is 13.8 Å². The average molecular weight is 614 g/mol. The number of ether oxygens (including phenoxy) is 1. The third-order valence-corrected chi connectivity index (χ3v) is 8.36. The van der Waals surface area contributed by atoms with Gasteiger partial charge < -0.3 is 9.64 Å². The Morgan fingerprint density at radius 2 is 0.766 bits per heavy atom. The van der Waals surface area contributed by atoms with Gasteiger partial charge in [-0.25, -0.2) is 4.79 Å². The molecule has 0 aliphatic carbocycles. The summed E-state index contributed by atoms with van der Waals surface area (Å²) < 4.78 is 5.18. The van der Waals surface area contributed by atoms with Crippen LogP contribution in [0.3, 0.4) is 0 Å². The summed E-state index contributed by atoms with van der Waals surface area (Å²) in [6.07, 6.45) is 3.76. The first-order chi connectivity index (χ1) is 22.9. The number of aryl methyl sites for hydroxylation is 2. The molecule has 3 heteroatoms. The Hall–Kier alpha value is -5.67. The van der Waals surface area contributed by atoms with Gasteiger partial charge in [0, 0.05) is 23.1 Å². The molecule has 0 atom stereocenters. The predicted octanol–water partition coefficient (Wildman–Crippen LogP) is 10.6. The average Bonchev–Trinajstić information content (AvgIpc) is 3.10. The molecule has 6 rings (SSSR count). The van der Waals surface area contributed by atoms with Gasteiger partial charge in [0.1, 0.15) is 5.75 Å². The Bertz CT molecular complexity index is 1920. The Morgan fingerprint density at radius 1 is 0.489 bits per heavy atom.